The molecule has 1 aliphatic heterocycles. The number of piperidine rings is 1. The molecule has 3 atom stereocenters. The van der Waals surface area contributed by atoms with Gasteiger partial charge >= 0.3 is 0 Å². The van der Waals surface area contributed by atoms with Crippen LogP contribution in [0.4, 0.5) is 27.9 Å². The first-order valence-corrected chi connectivity index (χ1v) is 9.22. The van der Waals surface area contributed by atoms with Gasteiger partial charge in [0.25, 0.3) is 0 Å². The van der Waals surface area contributed by atoms with E-state index < -0.39 is 41.5 Å². The molecule has 0 saturated carbocycles. The van der Waals surface area contributed by atoms with Crippen molar-refractivity contribution in [3.8, 4) is 0 Å². The van der Waals surface area contributed by atoms with E-state index in [9.17, 15) is 22.0 Å². The average Bonchev–Trinajstić information content (AvgIpc) is 3.04. The van der Waals surface area contributed by atoms with Gasteiger partial charge < -0.3 is 15.2 Å². The highest BCUT2D eigenvalue weighted by atomic mass is 19.2. The number of anilines is 1. The molecule has 0 aliphatic carbocycles. The van der Waals surface area contributed by atoms with Gasteiger partial charge in [-0.3, -0.25) is 0 Å². The second-order valence-corrected chi connectivity index (χ2v) is 7.29. The molecular weight excluding hydrogens is 391 g/mol. The molecule has 1 aliphatic rings. The number of hydrogen-bond donors (Lipinski definition) is 1. The molecule has 0 spiro atoms. The van der Waals surface area contributed by atoms with E-state index >= 15 is 0 Å². The summed E-state index contributed by atoms with van der Waals surface area (Å²) in [5.74, 6) is -3.16. The predicted molar refractivity (Wildman–Crippen MR) is 99.5 cm³/mol. The normalized spacial score (nSPS) is 21.0. The average molecular weight is 410 g/mol. The minimum Gasteiger partial charge on any atom is -0.340 e. The molecule has 4 rings (SSSR count). The second-order valence-electron chi connectivity index (χ2n) is 7.29. The van der Waals surface area contributed by atoms with Gasteiger partial charge in [-0.25, -0.2) is 26.9 Å². The molecule has 2 N–H and O–H groups in total. The minimum absolute atomic E-state index is 0.0277. The van der Waals surface area contributed by atoms with Crippen LogP contribution >= 0.6 is 0 Å². The number of imidazole rings is 1. The number of nitrogens with two attached hydrogens (primary N) is 1. The van der Waals surface area contributed by atoms with Crippen molar-refractivity contribution >= 4 is 17.0 Å². The van der Waals surface area contributed by atoms with E-state index in [0.29, 0.717) is 0 Å². The van der Waals surface area contributed by atoms with Gasteiger partial charge in [-0.05, 0) is 31.5 Å². The number of halogens is 5. The molecule has 1 fully saturated rings. The lowest BCUT2D eigenvalue weighted by molar-refractivity contribution is 0.243. The standard InChI is InChI=1S/C20H19F5N4/c1-10(12-6-11(21)2-3-13(12)22)29-19-8-16(25)15(24)7-18(19)27-20(29)28-5-4-14(23)17(26)9-28/h2-3,6-8,10,14,17H,4-5,9,26H2,1H3/t10?,14?,17-/m1/s1. The largest absolute Gasteiger partial charge is 0.340 e. The molecule has 2 heterocycles. The first kappa shape index (κ1) is 19.6. The Balaban J connectivity index is 1.90. The fourth-order valence-electron chi connectivity index (χ4n) is 3.79. The summed E-state index contributed by atoms with van der Waals surface area (Å²) in [7, 11) is 0. The van der Waals surface area contributed by atoms with E-state index in [1.54, 1.807) is 11.8 Å². The summed E-state index contributed by atoms with van der Waals surface area (Å²) in [6.07, 6.45) is -1.01. The molecule has 0 amide bonds. The highest BCUT2D eigenvalue weighted by Gasteiger charge is 2.31. The highest BCUT2D eigenvalue weighted by Crippen LogP contribution is 2.34. The summed E-state index contributed by atoms with van der Waals surface area (Å²) < 4.78 is 71.3. The zero-order valence-electron chi connectivity index (χ0n) is 15.5. The fourth-order valence-corrected chi connectivity index (χ4v) is 3.79. The number of fused-ring (bicyclic) bond motifs is 1. The quantitative estimate of drug-likeness (QED) is 0.662. The van der Waals surface area contributed by atoms with Crippen molar-refractivity contribution in [2.45, 2.75) is 31.6 Å². The molecule has 9 heteroatoms. The number of hydrogen-bond acceptors (Lipinski definition) is 3. The van der Waals surface area contributed by atoms with E-state index in [1.165, 1.54) is 4.57 Å². The van der Waals surface area contributed by atoms with Crippen LogP contribution < -0.4 is 10.6 Å². The summed E-state index contributed by atoms with van der Waals surface area (Å²) in [6.45, 7) is 2.01. The molecule has 0 bridgehead atoms. The third kappa shape index (κ3) is 3.43. The van der Waals surface area contributed by atoms with Crippen LogP contribution in [0.3, 0.4) is 0 Å². The number of rotatable bonds is 3. The van der Waals surface area contributed by atoms with E-state index in [4.69, 9.17) is 5.73 Å². The van der Waals surface area contributed by atoms with Crippen LogP contribution in [-0.2, 0) is 0 Å². The Morgan fingerprint density at radius 2 is 1.79 bits per heavy atom. The van der Waals surface area contributed by atoms with Crippen molar-refractivity contribution in [2.75, 3.05) is 18.0 Å². The molecule has 4 nitrogen and oxygen atoms in total. The predicted octanol–water partition coefficient (Wildman–Crippen LogP) is 4.08. The van der Waals surface area contributed by atoms with Crippen molar-refractivity contribution in [1.82, 2.24) is 9.55 Å². The topological polar surface area (TPSA) is 47.1 Å². The van der Waals surface area contributed by atoms with Gasteiger partial charge in [0.1, 0.15) is 17.8 Å². The summed E-state index contributed by atoms with van der Waals surface area (Å²) in [4.78, 5) is 6.08. The first-order valence-electron chi connectivity index (χ1n) is 9.22. The minimum atomic E-state index is -1.17. The summed E-state index contributed by atoms with van der Waals surface area (Å²) in [6, 6.07) is 3.41. The molecule has 1 saturated heterocycles. The monoisotopic (exact) mass is 410 g/mol. The smallest absolute Gasteiger partial charge is 0.207 e. The van der Waals surface area contributed by atoms with Crippen LogP contribution in [0.25, 0.3) is 11.0 Å². The van der Waals surface area contributed by atoms with Gasteiger partial charge in [0.2, 0.25) is 5.95 Å². The van der Waals surface area contributed by atoms with Gasteiger partial charge in [-0.1, -0.05) is 0 Å². The number of alkyl halides is 1. The maximum Gasteiger partial charge on any atom is 0.207 e. The van der Waals surface area contributed by atoms with Crippen LogP contribution in [0.2, 0.25) is 0 Å². The van der Waals surface area contributed by atoms with E-state index in [1.807, 2.05) is 0 Å². The van der Waals surface area contributed by atoms with Crippen LogP contribution in [0, 0.1) is 23.3 Å². The Morgan fingerprint density at radius 1 is 1.07 bits per heavy atom. The SMILES string of the molecule is CC(c1cc(F)ccc1F)n1c(N2CCC(F)[C@H](N)C2)nc2cc(F)c(F)cc21. The van der Waals surface area contributed by atoms with Gasteiger partial charge in [0.05, 0.1) is 23.1 Å². The Kier molecular flexibility index (Phi) is 4.94. The Hall–Kier alpha value is -2.68. The van der Waals surface area contributed by atoms with Gasteiger partial charge in [0.15, 0.2) is 11.6 Å². The third-order valence-corrected chi connectivity index (χ3v) is 5.36. The van der Waals surface area contributed by atoms with Gasteiger partial charge in [0, 0.05) is 30.8 Å². The molecule has 2 unspecified atom stereocenters. The van der Waals surface area contributed by atoms with E-state index in [2.05, 4.69) is 4.98 Å². The number of benzene rings is 2. The lowest BCUT2D eigenvalue weighted by Crippen LogP contribution is -2.50. The zero-order chi connectivity index (χ0) is 20.9. The van der Waals surface area contributed by atoms with Gasteiger partial charge in [-0.2, -0.15) is 0 Å². The molecule has 3 aromatic rings. The maximum atomic E-state index is 14.4. The van der Waals surface area contributed by atoms with Crippen molar-refractivity contribution in [3.05, 3.63) is 59.2 Å². The van der Waals surface area contributed by atoms with Crippen LogP contribution in [-0.4, -0.2) is 34.9 Å². The molecule has 0 radical (unpaired) electrons. The van der Waals surface area contributed by atoms with Crippen molar-refractivity contribution in [2.24, 2.45) is 5.73 Å². The van der Waals surface area contributed by atoms with Crippen LogP contribution in [0.1, 0.15) is 24.9 Å². The fraction of sp³-hybridized carbons (Fsp3) is 0.350. The molecule has 29 heavy (non-hydrogen) atoms. The maximum absolute atomic E-state index is 14.4. The molecule has 2 aromatic carbocycles. The number of aromatic nitrogens is 2. The first-order chi connectivity index (χ1) is 13.8. The van der Waals surface area contributed by atoms with E-state index in [-0.39, 0.29) is 42.1 Å². The molecule has 1 aromatic heterocycles. The third-order valence-electron chi connectivity index (χ3n) is 5.36. The molecular formula is C20H19F5N4. The summed E-state index contributed by atoms with van der Waals surface area (Å²) >= 11 is 0. The Bertz CT molecular complexity index is 1070. The Labute approximate surface area is 163 Å². The Morgan fingerprint density at radius 3 is 2.52 bits per heavy atom. The van der Waals surface area contributed by atoms with Crippen molar-refractivity contribution in [3.63, 3.8) is 0 Å². The lowest BCUT2D eigenvalue weighted by Gasteiger charge is -2.35. The summed E-state index contributed by atoms with van der Waals surface area (Å²) in [5.41, 5.74) is 6.24. The van der Waals surface area contributed by atoms with Crippen molar-refractivity contribution < 1.29 is 22.0 Å². The summed E-state index contributed by atoms with van der Waals surface area (Å²) in [5, 5.41) is 0. The van der Waals surface area contributed by atoms with Crippen LogP contribution in [0.15, 0.2) is 30.3 Å². The van der Waals surface area contributed by atoms with Crippen LogP contribution in [0.5, 0.6) is 0 Å². The highest BCUT2D eigenvalue weighted by molar-refractivity contribution is 5.79. The second kappa shape index (κ2) is 7.29. The van der Waals surface area contributed by atoms with E-state index in [0.717, 1.165) is 30.3 Å². The lowest BCUT2D eigenvalue weighted by atomic mass is 10.0. The zero-order valence-corrected chi connectivity index (χ0v) is 15.5. The molecule has 154 valence electrons. The number of nitrogens with zero attached hydrogens (tertiary/aromatic N) is 3. The van der Waals surface area contributed by atoms with Crippen molar-refractivity contribution in [1.29, 1.82) is 0 Å². The van der Waals surface area contributed by atoms with Gasteiger partial charge in [-0.15, -0.1) is 0 Å².